The van der Waals surface area contributed by atoms with E-state index in [4.69, 9.17) is 9.47 Å². The third-order valence-electron chi connectivity index (χ3n) is 9.52. The third-order valence-corrected chi connectivity index (χ3v) is 9.52. The van der Waals surface area contributed by atoms with Crippen molar-refractivity contribution in [3.63, 3.8) is 0 Å². The minimum absolute atomic E-state index is 0.00201. The molecule has 13 heteroatoms. The topological polar surface area (TPSA) is 90.7 Å². The van der Waals surface area contributed by atoms with Crippen molar-refractivity contribution in [2.24, 2.45) is 5.92 Å². The van der Waals surface area contributed by atoms with Crippen molar-refractivity contribution in [2.75, 3.05) is 33.4 Å². The molecule has 1 fully saturated rings. The molecule has 1 aliphatic rings. The van der Waals surface area contributed by atoms with Crippen molar-refractivity contribution in [2.45, 2.75) is 98.0 Å². The molecule has 0 saturated carbocycles. The first-order valence-electron chi connectivity index (χ1n) is 17.6. The summed E-state index contributed by atoms with van der Waals surface area (Å²) in [5.41, 5.74) is 0.636. The number of rotatable bonds is 16. The second kappa shape index (κ2) is 17.1. The van der Waals surface area contributed by atoms with E-state index in [0.29, 0.717) is 59.8 Å². The summed E-state index contributed by atoms with van der Waals surface area (Å²) in [4.78, 5) is 42.0. The van der Waals surface area contributed by atoms with Crippen molar-refractivity contribution in [3.05, 3.63) is 80.0 Å². The van der Waals surface area contributed by atoms with Gasteiger partial charge in [-0.05, 0) is 110 Å². The summed E-state index contributed by atoms with van der Waals surface area (Å²) in [5.74, 6) is -3.42. The fourth-order valence-corrected chi connectivity index (χ4v) is 6.89. The number of ether oxygens (including phenoxy) is 2. The van der Waals surface area contributed by atoms with Crippen LogP contribution in [0.4, 0.5) is 22.0 Å². The van der Waals surface area contributed by atoms with E-state index in [-0.39, 0.29) is 42.9 Å². The molecule has 4 rings (SSSR count). The molecule has 2 atom stereocenters. The van der Waals surface area contributed by atoms with Gasteiger partial charge in [0.2, 0.25) is 0 Å². The lowest BCUT2D eigenvalue weighted by Crippen LogP contribution is -2.49. The highest BCUT2D eigenvalue weighted by Crippen LogP contribution is 2.42. The molecule has 3 aromatic rings. The molecule has 0 spiro atoms. The number of esters is 1. The summed E-state index contributed by atoms with van der Waals surface area (Å²) in [6.07, 6.45) is -6.20. The van der Waals surface area contributed by atoms with Crippen LogP contribution >= 0.6 is 0 Å². The first-order chi connectivity index (χ1) is 24.4. The van der Waals surface area contributed by atoms with Gasteiger partial charge in [0.05, 0.1) is 31.4 Å². The van der Waals surface area contributed by atoms with Gasteiger partial charge in [0.25, 0.3) is 5.56 Å². The van der Waals surface area contributed by atoms with E-state index in [9.17, 15) is 31.9 Å². The molecule has 2 heterocycles. The molecule has 1 aliphatic heterocycles. The molecular weight excluding hydrogens is 685 g/mol. The van der Waals surface area contributed by atoms with Crippen molar-refractivity contribution < 1.29 is 41.0 Å². The van der Waals surface area contributed by atoms with Crippen LogP contribution in [-0.4, -0.2) is 66.0 Å². The van der Waals surface area contributed by atoms with E-state index in [1.54, 1.807) is 39.8 Å². The van der Waals surface area contributed by atoms with Gasteiger partial charge in [-0.25, -0.2) is 13.5 Å². The van der Waals surface area contributed by atoms with Crippen molar-refractivity contribution in [3.8, 4) is 16.9 Å². The summed E-state index contributed by atoms with van der Waals surface area (Å²) in [6.45, 7) is 11.7. The molecule has 1 aromatic heterocycles. The molecule has 0 unspecified atom stereocenters. The highest BCUT2D eigenvalue weighted by molar-refractivity contribution is 5.83. The number of carbonyl (C=O) groups is 2. The third kappa shape index (κ3) is 9.84. The van der Waals surface area contributed by atoms with Crippen molar-refractivity contribution >= 4 is 11.8 Å². The molecule has 0 radical (unpaired) electrons. The number of alkyl halides is 4. The second-order valence-corrected chi connectivity index (χ2v) is 14.1. The van der Waals surface area contributed by atoms with Gasteiger partial charge in [-0.2, -0.15) is 18.3 Å². The zero-order chi connectivity index (χ0) is 38.5. The van der Waals surface area contributed by atoms with Crippen LogP contribution in [0.15, 0.2) is 35.1 Å². The van der Waals surface area contributed by atoms with Gasteiger partial charge in [-0.1, -0.05) is 13.8 Å². The Bertz CT molecular complexity index is 1790. The van der Waals surface area contributed by atoms with Gasteiger partial charge in [-0.15, -0.1) is 0 Å². The van der Waals surface area contributed by atoms with E-state index < -0.39 is 59.4 Å². The van der Waals surface area contributed by atoms with Gasteiger partial charge in [0, 0.05) is 38.5 Å². The molecular formula is C39H48F5N3O5. The Kier molecular flexibility index (Phi) is 13.4. The zero-order valence-electron chi connectivity index (χ0n) is 30.8. The average molecular weight is 734 g/mol. The summed E-state index contributed by atoms with van der Waals surface area (Å²) >= 11 is 0. The molecule has 2 aromatic carbocycles. The average Bonchev–Trinajstić information content (AvgIpc) is 3.03. The number of hydrogen-bond acceptors (Lipinski definition) is 7. The Balaban J connectivity index is 1.74. The van der Waals surface area contributed by atoms with Crippen LogP contribution in [0.25, 0.3) is 11.1 Å². The number of halogens is 5. The largest absolute Gasteiger partial charge is 0.497 e. The number of methoxy groups -OCH3 is 1. The quantitative estimate of drug-likeness (QED) is 0.109. The van der Waals surface area contributed by atoms with Crippen molar-refractivity contribution in [1.29, 1.82) is 0 Å². The number of ketones is 1. The second-order valence-electron chi connectivity index (χ2n) is 14.1. The van der Waals surface area contributed by atoms with Crippen LogP contribution in [-0.2, 0) is 26.9 Å². The van der Waals surface area contributed by atoms with E-state index in [2.05, 4.69) is 5.10 Å². The monoisotopic (exact) mass is 733 g/mol. The van der Waals surface area contributed by atoms with Crippen LogP contribution < -0.4 is 10.3 Å². The molecule has 52 heavy (non-hydrogen) atoms. The van der Waals surface area contributed by atoms with Gasteiger partial charge < -0.3 is 9.47 Å². The maximum absolute atomic E-state index is 16.0. The van der Waals surface area contributed by atoms with E-state index >= 15 is 4.39 Å². The Morgan fingerprint density at radius 2 is 1.67 bits per heavy atom. The van der Waals surface area contributed by atoms with Crippen LogP contribution in [0.5, 0.6) is 5.75 Å². The lowest BCUT2D eigenvalue weighted by Gasteiger charge is -2.34. The Hall–Kier alpha value is -4.13. The summed E-state index contributed by atoms with van der Waals surface area (Å²) in [6, 6.07) is 5.80. The molecule has 284 valence electrons. The minimum atomic E-state index is -5.06. The molecule has 1 saturated heterocycles. The number of nitrogens with zero attached hydrogens (tertiary/aromatic N) is 3. The maximum Gasteiger partial charge on any atom is 0.419 e. The Morgan fingerprint density at radius 3 is 2.23 bits per heavy atom. The number of aryl methyl sites for hydroxylation is 3. The summed E-state index contributed by atoms with van der Waals surface area (Å²) in [7, 11) is 1.47. The van der Waals surface area contributed by atoms with Gasteiger partial charge >= 0.3 is 12.1 Å². The van der Waals surface area contributed by atoms with Crippen LogP contribution in [0, 0.1) is 32.5 Å². The number of carbonyl (C=O) groups excluding carboxylic acids is 2. The summed E-state index contributed by atoms with van der Waals surface area (Å²) < 4.78 is 84.2. The smallest absolute Gasteiger partial charge is 0.419 e. The van der Waals surface area contributed by atoms with Crippen LogP contribution in [0.1, 0.15) is 91.9 Å². The molecule has 0 N–H and O–H groups in total. The Labute approximate surface area is 301 Å². The fraction of sp³-hybridized carbons (Fsp3) is 0.538. The lowest BCUT2D eigenvalue weighted by molar-refractivity contribution is -0.143. The van der Waals surface area contributed by atoms with Crippen LogP contribution in [0.2, 0.25) is 0 Å². The highest BCUT2D eigenvalue weighted by atomic mass is 19.4. The highest BCUT2D eigenvalue weighted by Gasteiger charge is 2.38. The first-order valence-corrected chi connectivity index (χ1v) is 17.6. The normalized spacial score (nSPS) is 15.0. The van der Waals surface area contributed by atoms with Crippen LogP contribution in [0.3, 0.4) is 0 Å². The zero-order valence-corrected chi connectivity index (χ0v) is 30.8. The molecule has 0 amide bonds. The molecule has 8 nitrogen and oxygen atoms in total. The SMILES string of the molecule is CCOC(=O)C[C@H](CCC(=O)[C@H](CC(C)C)n1nc(CCN2CC(F)C2)c(C)cc1=O)c1cc(-c2c(C)cc(OC)cc2C)cc(C(F)(F)F)c1F. The predicted molar refractivity (Wildman–Crippen MR) is 188 cm³/mol. The number of aromatic nitrogens is 2. The van der Waals surface area contributed by atoms with Gasteiger partial charge in [0.15, 0.2) is 5.78 Å². The predicted octanol–water partition coefficient (Wildman–Crippen LogP) is 7.87. The number of Topliss-reactive ketones (excluding diaryl/α,β-unsaturated/α-hetero) is 1. The number of likely N-dealkylation sites (tertiary alicyclic amines) is 1. The maximum atomic E-state index is 16.0. The van der Waals surface area contributed by atoms with Gasteiger partial charge in [-0.3, -0.25) is 19.3 Å². The standard InChI is InChI=1S/C39H48F5N3O5/c1-8-52-36(50)19-26(30-17-27(18-31(38(30)41)39(42,43)44)37-24(5)14-29(51-7)15-25(37)6)9-10-34(48)33(13-22(2)3)47-35(49)16-23(4)32(45-47)11-12-46-20-28(40)21-46/h14-18,22,26,28,33H,8-13,19-21H2,1-7H3/t26-,33-/m0/s1. The Morgan fingerprint density at radius 1 is 1.02 bits per heavy atom. The fourth-order valence-electron chi connectivity index (χ4n) is 6.89. The van der Waals surface area contributed by atoms with Gasteiger partial charge in [0.1, 0.15) is 23.8 Å². The molecule has 0 bridgehead atoms. The number of hydrogen-bond donors (Lipinski definition) is 0. The van der Waals surface area contributed by atoms with E-state index in [1.807, 2.05) is 18.7 Å². The van der Waals surface area contributed by atoms with E-state index in [0.717, 1.165) is 10.7 Å². The summed E-state index contributed by atoms with van der Waals surface area (Å²) in [5, 5.41) is 4.58. The molecule has 0 aliphatic carbocycles. The number of benzene rings is 2. The minimum Gasteiger partial charge on any atom is -0.497 e. The van der Waals surface area contributed by atoms with E-state index in [1.165, 1.54) is 19.2 Å². The van der Waals surface area contributed by atoms with Crippen molar-refractivity contribution in [1.82, 2.24) is 14.7 Å². The first kappa shape index (κ1) is 40.6. The lowest BCUT2D eigenvalue weighted by atomic mass is 9.84.